The molecule has 2 N–H and O–H groups in total. The number of benzene rings is 4. The van der Waals surface area contributed by atoms with E-state index in [1.807, 2.05) is 74.5 Å². The summed E-state index contributed by atoms with van der Waals surface area (Å²) in [5, 5.41) is 11.8. The number of hydrogen-bond donors (Lipinski definition) is 1. The Balaban J connectivity index is 0.000000194. The lowest BCUT2D eigenvalue weighted by molar-refractivity contribution is 0.458. The maximum absolute atomic E-state index is 13.1. The van der Waals surface area contributed by atoms with Crippen molar-refractivity contribution in [2.75, 3.05) is 6.54 Å². The molecule has 2 atom stereocenters. The van der Waals surface area contributed by atoms with Gasteiger partial charge in [-0.15, -0.1) is 0 Å². The van der Waals surface area contributed by atoms with Crippen molar-refractivity contribution in [3.63, 3.8) is 0 Å². The molecule has 0 aliphatic rings. The van der Waals surface area contributed by atoms with Crippen molar-refractivity contribution in [2.24, 2.45) is 17.6 Å². The second kappa shape index (κ2) is 16.3. The van der Waals surface area contributed by atoms with Crippen LogP contribution in [0.2, 0.25) is 10.0 Å². The van der Waals surface area contributed by atoms with E-state index in [1.165, 1.54) is 0 Å². The first-order chi connectivity index (χ1) is 24.0. The van der Waals surface area contributed by atoms with Gasteiger partial charge in [0.15, 0.2) is 0 Å². The van der Waals surface area contributed by atoms with E-state index in [1.54, 1.807) is 45.5 Å². The molecule has 2 aromatic heterocycles. The van der Waals surface area contributed by atoms with Gasteiger partial charge in [0, 0.05) is 22.5 Å². The van der Waals surface area contributed by atoms with E-state index >= 15 is 0 Å². The minimum atomic E-state index is -0.472. The molecule has 0 radical (unpaired) electrons. The predicted molar refractivity (Wildman–Crippen MR) is 203 cm³/mol. The minimum absolute atomic E-state index is 0.000191. The Morgan fingerprint density at radius 1 is 0.680 bits per heavy atom. The molecule has 6 rings (SSSR count). The van der Waals surface area contributed by atoms with Gasteiger partial charge in [0.2, 0.25) is 0 Å². The third-order valence-corrected chi connectivity index (χ3v) is 9.21. The van der Waals surface area contributed by atoms with Crippen LogP contribution in [0.4, 0.5) is 0 Å². The second-order valence-electron chi connectivity index (χ2n) is 13.0. The summed E-state index contributed by atoms with van der Waals surface area (Å²) in [7, 11) is 0. The van der Waals surface area contributed by atoms with Crippen LogP contribution >= 0.6 is 23.2 Å². The highest BCUT2D eigenvalue weighted by Crippen LogP contribution is 2.26. The van der Waals surface area contributed by atoms with Crippen LogP contribution in [-0.2, 0) is 13.1 Å². The standard InChI is InChI=1S/C20H22ClN3O.C20H18ClN3O/c2*1-13(2)17(11-22)19-23-18-10-15(21)8-9-16(18)20(25)24(19)12-14-6-4-3-5-7-14/h3-10,13,17H,11-12,22H2,1-2H3;3-10,13,17H,12H2,1-2H3. The summed E-state index contributed by atoms with van der Waals surface area (Å²) in [6.07, 6.45) is 0. The van der Waals surface area contributed by atoms with Crippen LogP contribution in [0.3, 0.4) is 0 Å². The number of fused-ring (bicyclic) bond motifs is 2. The molecule has 2 unspecified atom stereocenters. The maximum atomic E-state index is 13.1. The first-order valence-corrected chi connectivity index (χ1v) is 17.4. The van der Waals surface area contributed by atoms with E-state index in [-0.39, 0.29) is 28.9 Å². The average Bonchev–Trinajstić information content (AvgIpc) is 3.09. The first-order valence-electron chi connectivity index (χ1n) is 16.6. The molecule has 4 aromatic carbocycles. The summed E-state index contributed by atoms with van der Waals surface area (Å²) in [6.45, 7) is 9.39. The predicted octanol–water partition coefficient (Wildman–Crippen LogP) is 8.16. The van der Waals surface area contributed by atoms with Gasteiger partial charge in [0.05, 0.1) is 41.0 Å². The molecule has 0 aliphatic carbocycles. The van der Waals surface area contributed by atoms with E-state index in [0.717, 1.165) is 17.0 Å². The molecule has 10 heteroatoms. The summed E-state index contributed by atoms with van der Waals surface area (Å²) in [5.41, 5.74) is 8.99. The number of nitriles is 1. The summed E-state index contributed by atoms with van der Waals surface area (Å²) in [4.78, 5) is 35.7. The van der Waals surface area contributed by atoms with Crippen LogP contribution in [0.25, 0.3) is 21.8 Å². The molecule has 0 aliphatic heterocycles. The molecule has 0 saturated heterocycles. The number of rotatable bonds is 9. The largest absolute Gasteiger partial charge is 0.330 e. The number of nitrogens with two attached hydrogens (primary N) is 1. The molecule has 0 saturated carbocycles. The van der Waals surface area contributed by atoms with Crippen molar-refractivity contribution >= 4 is 45.0 Å². The summed E-state index contributed by atoms with van der Waals surface area (Å²) in [5.74, 6) is 1.05. The van der Waals surface area contributed by atoms with Gasteiger partial charge in [-0.25, -0.2) is 9.97 Å². The van der Waals surface area contributed by atoms with Gasteiger partial charge in [0.1, 0.15) is 17.6 Å². The molecule has 256 valence electrons. The normalized spacial score (nSPS) is 12.5. The van der Waals surface area contributed by atoms with Crippen molar-refractivity contribution in [3.8, 4) is 6.07 Å². The Hall–Kier alpha value is -4.81. The fourth-order valence-corrected chi connectivity index (χ4v) is 6.29. The third kappa shape index (κ3) is 8.14. The second-order valence-corrected chi connectivity index (χ2v) is 13.8. The molecule has 0 fully saturated rings. The number of halogens is 2. The summed E-state index contributed by atoms with van der Waals surface area (Å²) < 4.78 is 3.36. The van der Waals surface area contributed by atoms with Crippen molar-refractivity contribution < 1.29 is 0 Å². The molecule has 0 spiro atoms. The van der Waals surface area contributed by atoms with E-state index in [2.05, 4.69) is 24.9 Å². The number of hydrogen-bond acceptors (Lipinski definition) is 6. The van der Waals surface area contributed by atoms with Crippen LogP contribution < -0.4 is 16.9 Å². The molecule has 0 bridgehead atoms. The summed E-state index contributed by atoms with van der Waals surface area (Å²) >= 11 is 12.2. The smallest absolute Gasteiger partial charge is 0.261 e. The van der Waals surface area contributed by atoms with Gasteiger partial charge >= 0.3 is 0 Å². The Kier molecular flexibility index (Phi) is 11.9. The van der Waals surface area contributed by atoms with Crippen molar-refractivity contribution in [3.05, 3.63) is 151 Å². The lowest BCUT2D eigenvalue weighted by Gasteiger charge is -2.23. The van der Waals surface area contributed by atoms with Gasteiger partial charge in [-0.05, 0) is 59.4 Å². The van der Waals surface area contributed by atoms with Crippen molar-refractivity contribution in [1.29, 1.82) is 5.26 Å². The van der Waals surface area contributed by atoms with Gasteiger partial charge in [0.25, 0.3) is 11.1 Å². The quantitative estimate of drug-likeness (QED) is 0.162. The maximum Gasteiger partial charge on any atom is 0.261 e. The molecule has 50 heavy (non-hydrogen) atoms. The minimum Gasteiger partial charge on any atom is -0.330 e. The van der Waals surface area contributed by atoms with Crippen molar-refractivity contribution in [2.45, 2.75) is 52.6 Å². The Bertz CT molecular complexity index is 2260. The molecule has 6 aromatic rings. The molecular formula is C40H40Cl2N6O2. The van der Waals surface area contributed by atoms with E-state index in [4.69, 9.17) is 33.9 Å². The van der Waals surface area contributed by atoms with Gasteiger partial charge in [-0.2, -0.15) is 5.26 Å². The lowest BCUT2D eigenvalue weighted by Crippen LogP contribution is -2.31. The topological polar surface area (TPSA) is 120 Å². The number of aromatic nitrogens is 4. The Labute approximate surface area is 301 Å². The first kappa shape index (κ1) is 36.5. The van der Waals surface area contributed by atoms with Gasteiger partial charge in [-0.1, -0.05) is 112 Å². The molecular weight excluding hydrogens is 667 g/mol. The fourth-order valence-electron chi connectivity index (χ4n) is 5.96. The van der Waals surface area contributed by atoms with Crippen LogP contribution in [-0.4, -0.2) is 25.6 Å². The Morgan fingerprint density at radius 2 is 1.12 bits per heavy atom. The molecule has 0 amide bonds. The number of nitrogens with zero attached hydrogens (tertiary/aromatic N) is 5. The van der Waals surface area contributed by atoms with E-state index in [9.17, 15) is 14.9 Å². The van der Waals surface area contributed by atoms with Crippen LogP contribution in [0.1, 0.15) is 62.3 Å². The van der Waals surface area contributed by atoms with Crippen LogP contribution in [0.15, 0.2) is 107 Å². The highest BCUT2D eigenvalue weighted by atomic mass is 35.5. The van der Waals surface area contributed by atoms with E-state index in [0.29, 0.717) is 57.3 Å². The van der Waals surface area contributed by atoms with Gasteiger partial charge < -0.3 is 5.73 Å². The molecule has 2 heterocycles. The zero-order valence-corrected chi connectivity index (χ0v) is 30.1. The zero-order chi connectivity index (χ0) is 35.9. The third-order valence-electron chi connectivity index (χ3n) is 8.74. The van der Waals surface area contributed by atoms with Crippen LogP contribution in [0, 0.1) is 23.2 Å². The van der Waals surface area contributed by atoms with Crippen LogP contribution in [0.5, 0.6) is 0 Å². The van der Waals surface area contributed by atoms with E-state index < -0.39 is 5.92 Å². The Morgan fingerprint density at radius 3 is 1.52 bits per heavy atom. The fraction of sp³-hybridized carbons (Fsp3) is 0.275. The zero-order valence-electron chi connectivity index (χ0n) is 28.6. The van der Waals surface area contributed by atoms with Gasteiger partial charge in [-0.3, -0.25) is 18.7 Å². The van der Waals surface area contributed by atoms with Crippen molar-refractivity contribution in [1.82, 2.24) is 19.1 Å². The summed E-state index contributed by atoms with van der Waals surface area (Å²) in [6, 6.07) is 32.2. The molecule has 8 nitrogen and oxygen atoms in total. The average molecular weight is 708 g/mol. The monoisotopic (exact) mass is 706 g/mol. The highest BCUT2D eigenvalue weighted by Gasteiger charge is 2.24. The lowest BCUT2D eigenvalue weighted by atomic mass is 9.94. The SMILES string of the molecule is CC(C)C(C#N)c1nc2cc(Cl)ccc2c(=O)n1Cc1ccccc1.CC(C)C(CN)c1nc2cc(Cl)ccc2c(=O)n1Cc1ccccc1. The highest BCUT2D eigenvalue weighted by molar-refractivity contribution is 6.31.